The van der Waals surface area contributed by atoms with Gasteiger partial charge in [0.05, 0.1) is 12.0 Å². The molecule has 6 heteroatoms. The summed E-state index contributed by atoms with van der Waals surface area (Å²) in [6.07, 6.45) is 5.49. The summed E-state index contributed by atoms with van der Waals surface area (Å²) in [5, 5.41) is 0. The fraction of sp³-hybridized carbons (Fsp3) is 0.320. The average Bonchev–Trinajstić information content (AvgIpc) is 3.42. The van der Waals surface area contributed by atoms with Gasteiger partial charge in [-0.2, -0.15) is 0 Å². The lowest BCUT2D eigenvalue weighted by Gasteiger charge is -2.17. The Balaban J connectivity index is 1.79. The summed E-state index contributed by atoms with van der Waals surface area (Å²) in [5.74, 6) is 0. The highest BCUT2D eigenvalue weighted by Gasteiger charge is 2.26. The number of hydrogen-bond donors (Lipinski definition) is 0. The molecular weight excluding hydrogens is 388 g/mol. The van der Waals surface area contributed by atoms with Gasteiger partial charge in [0.25, 0.3) is 5.56 Å². The van der Waals surface area contributed by atoms with E-state index in [9.17, 15) is 9.59 Å². The fourth-order valence-corrected chi connectivity index (χ4v) is 4.68. The highest BCUT2D eigenvalue weighted by Crippen LogP contribution is 2.28. The summed E-state index contributed by atoms with van der Waals surface area (Å²) in [6.45, 7) is 4.56. The molecule has 0 spiro atoms. The number of benzene rings is 2. The number of imidazole rings is 1. The van der Waals surface area contributed by atoms with Gasteiger partial charge in [-0.1, -0.05) is 60.9 Å². The first kappa shape index (κ1) is 19.5. The lowest BCUT2D eigenvalue weighted by Crippen LogP contribution is -2.42. The topological polar surface area (TPSA) is 61.8 Å². The van der Waals surface area contributed by atoms with Gasteiger partial charge in [0.1, 0.15) is 0 Å². The van der Waals surface area contributed by atoms with E-state index in [2.05, 4.69) is 36.2 Å². The summed E-state index contributed by atoms with van der Waals surface area (Å²) in [5.41, 5.74) is 4.39. The van der Waals surface area contributed by atoms with E-state index < -0.39 is 0 Å². The number of aromatic nitrogens is 4. The lowest BCUT2D eigenvalue weighted by molar-refractivity contribution is 0.474. The molecule has 0 amide bonds. The molecule has 4 aromatic rings. The Bertz CT molecular complexity index is 1370. The first-order valence-electron chi connectivity index (χ1n) is 10.9. The van der Waals surface area contributed by atoms with Gasteiger partial charge in [-0.25, -0.2) is 14.3 Å². The second-order valence-corrected chi connectivity index (χ2v) is 8.55. The second kappa shape index (κ2) is 7.69. The normalized spacial score (nSPS) is 14.5. The third-order valence-electron chi connectivity index (χ3n) is 6.37. The van der Waals surface area contributed by atoms with E-state index in [0.29, 0.717) is 17.7 Å². The highest BCUT2D eigenvalue weighted by molar-refractivity contribution is 5.73. The van der Waals surface area contributed by atoms with Crippen LogP contribution in [0.3, 0.4) is 0 Å². The standard InChI is InChI=1S/C25H26N4O2/c1-17-11-13-19(14-12-17)15-27-16-26-23-22(27)24(30)28(20-8-4-5-9-20)25(31)29(23)21-10-6-3-7-18(21)2/h3,6-7,10-14,16,20H,4-5,8-9,15H2,1-2H3. The molecule has 158 valence electrons. The van der Waals surface area contributed by atoms with Crippen LogP contribution in [0.4, 0.5) is 0 Å². The smallest absolute Gasteiger partial charge is 0.320 e. The molecule has 2 aromatic carbocycles. The number of hydrogen-bond acceptors (Lipinski definition) is 3. The van der Waals surface area contributed by atoms with Crippen molar-refractivity contribution in [3.8, 4) is 5.69 Å². The minimum Gasteiger partial charge on any atom is -0.320 e. The van der Waals surface area contributed by atoms with Crippen LogP contribution in [0.1, 0.15) is 48.4 Å². The number of para-hydroxylation sites is 1. The van der Waals surface area contributed by atoms with E-state index in [1.165, 1.54) is 10.1 Å². The molecular formula is C25H26N4O2. The minimum atomic E-state index is -0.292. The Morgan fingerprint density at radius 2 is 1.68 bits per heavy atom. The third-order valence-corrected chi connectivity index (χ3v) is 6.37. The van der Waals surface area contributed by atoms with E-state index in [-0.39, 0.29) is 17.3 Å². The zero-order valence-corrected chi connectivity index (χ0v) is 17.9. The predicted octanol–water partition coefficient (Wildman–Crippen LogP) is 4.13. The molecule has 2 heterocycles. The van der Waals surface area contributed by atoms with Crippen molar-refractivity contribution in [3.05, 3.63) is 92.4 Å². The molecule has 0 radical (unpaired) electrons. The molecule has 0 bridgehead atoms. The van der Waals surface area contributed by atoms with Crippen LogP contribution < -0.4 is 11.2 Å². The second-order valence-electron chi connectivity index (χ2n) is 8.55. The summed E-state index contributed by atoms with van der Waals surface area (Å²) in [6, 6.07) is 16.0. The Hall–Kier alpha value is -3.41. The van der Waals surface area contributed by atoms with E-state index in [1.54, 1.807) is 10.9 Å². The van der Waals surface area contributed by atoms with Gasteiger partial charge in [-0.05, 0) is 43.9 Å². The Labute approximate surface area is 180 Å². The summed E-state index contributed by atoms with van der Waals surface area (Å²) >= 11 is 0. The van der Waals surface area contributed by atoms with E-state index in [4.69, 9.17) is 0 Å². The maximum absolute atomic E-state index is 13.6. The van der Waals surface area contributed by atoms with Gasteiger partial charge in [0.2, 0.25) is 0 Å². The molecule has 31 heavy (non-hydrogen) atoms. The Morgan fingerprint density at radius 3 is 2.39 bits per heavy atom. The quantitative estimate of drug-likeness (QED) is 0.504. The van der Waals surface area contributed by atoms with Gasteiger partial charge >= 0.3 is 5.69 Å². The van der Waals surface area contributed by atoms with Crippen molar-refractivity contribution in [2.75, 3.05) is 0 Å². The van der Waals surface area contributed by atoms with Gasteiger partial charge in [-0.15, -0.1) is 0 Å². The van der Waals surface area contributed by atoms with Crippen molar-refractivity contribution in [2.24, 2.45) is 0 Å². The third kappa shape index (κ3) is 3.32. The summed E-state index contributed by atoms with van der Waals surface area (Å²) < 4.78 is 4.98. The molecule has 0 atom stereocenters. The van der Waals surface area contributed by atoms with Crippen LogP contribution >= 0.6 is 0 Å². The van der Waals surface area contributed by atoms with Crippen LogP contribution in [0.5, 0.6) is 0 Å². The lowest BCUT2D eigenvalue weighted by atomic mass is 10.1. The first-order valence-corrected chi connectivity index (χ1v) is 10.9. The molecule has 0 aliphatic heterocycles. The number of nitrogens with zero attached hydrogens (tertiary/aromatic N) is 4. The van der Waals surface area contributed by atoms with Crippen molar-refractivity contribution < 1.29 is 0 Å². The number of aryl methyl sites for hydroxylation is 2. The van der Waals surface area contributed by atoms with Gasteiger partial charge in [0, 0.05) is 12.6 Å². The average molecular weight is 415 g/mol. The SMILES string of the molecule is Cc1ccc(Cn2cnc3c2c(=O)n(C2CCCC2)c(=O)n3-c2ccccc2C)cc1. The highest BCUT2D eigenvalue weighted by atomic mass is 16.2. The number of fused-ring (bicyclic) bond motifs is 1. The molecule has 1 fully saturated rings. The van der Waals surface area contributed by atoms with Gasteiger partial charge in [-0.3, -0.25) is 9.36 Å². The first-order chi connectivity index (χ1) is 15.0. The fourth-order valence-electron chi connectivity index (χ4n) is 4.68. The van der Waals surface area contributed by atoms with E-state index in [0.717, 1.165) is 42.5 Å². The van der Waals surface area contributed by atoms with Crippen LogP contribution in [0.15, 0.2) is 64.4 Å². The molecule has 6 nitrogen and oxygen atoms in total. The maximum atomic E-state index is 13.6. The van der Waals surface area contributed by atoms with Crippen molar-refractivity contribution in [1.29, 1.82) is 0 Å². The maximum Gasteiger partial charge on any atom is 0.337 e. The largest absolute Gasteiger partial charge is 0.337 e. The molecule has 1 aliphatic rings. The molecule has 5 rings (SSSR count). The van der Waals surface area contributed by atoms with Crippen molar-refractivity contribution in [1.82, 2.24) is 18.7 Å². The van der Waals surface area contributed by atoms with Crippen LogP contribution in [0.25, 0.3) is 16.9 Å². The summed E-state index contributed by atoms with van der Waals surface area (Å²) in [7, 11) is 0. The van der Waals surface area contributed by atoms with E-state index >= 15 is 0 Å². The van der Waals surface area contributed by atoms with Crippen LogP contribution in [-0.2, 0) is 6.54 Å². The molecule has 0 N–H and O–H groups in total. The molecule has 2 aromatic heterocycles. The minimum absolute atomic E-state index is 0.0533. The zero-order chi connectivity index (χ0) is 21.5. The number of rotatable bonds is 4. The summed E-state index contributed by atoms with van der Waals surface area (Å²) in [4.78, 5) is 31.8. The van der Waals surface area contributed by atoms with Crippen molar-refractivity contribution >= 4 is 11.2 Å². The molecule has 1 saturated carbocycles. The molecule has 0 unspecified atom stereocenters. The van der Waals surface area contributed by atoms with Gasteiger partial charge < -0.3 is 4.57 Å². The van der Waals surface area contributed by atoms with E-state index in [1.807, 2.05) is 35.8 Å². The zero-order valence-electron chi connectivity index (χ0n) is 17.9. The Morgan fingerprint density at radius 1 is 0.968 bits per heavy atom. The molecule has 0 saturated heterocycles. The predicted molar refractivity (Wildman–Crippen MR) is 122 cm³/mol. The van der Waals surface area contributed by atoms with Gasteiger partial charge in [0.15, 0.2) is 11.2 Å². The van der Waals surface area contributed by atoms with Crippen LogP contribution in [0, 0.1) is 13.8 Å². The van der Waals surface area contributed by atoms with Crippen LogP contribution in [0.2, 0.25) is 0 Å². The van der Waals surface area contributed by atoms with Crippen molar-refractivity contribution in [2.45, 2.75) is 52.1 Å². The van der Waals surface area contributed by atoms with Crippen LogP contribution in [-0.4, -0.2) is 18.7 Å². The monoisotopic (exact) mass is 414 g/mol. The Kier molecular flexibility index (Phi) is 4.85. The molecule has 1 aliphatic carbocycles. The van der Waals surface area contributed by atoms with Crippen molar-refractivity contribution in [3.63, 3.8) is 0 Å².